The molecular formula is C13H17NO3S. The van der Waals surface area contributed by atoms with Crippen molar-refractivity contribution < 1.29 is 14.7 Å². The highest BCUT2D eigenvalue weighted by molar-refractivity contribution is 7.07. The van der Waals surface area contributed by atoms with Crippen molar-refractivity contribution in [1.82, 2.24) is 5.32 Å². The summed E-state index contributed by atoms with van der Waals surface area (Å²) in [6.07, 6.45) is 3.90. The van der Waals surface area contributed by atoms with Gasteiger partial charge < -0.3 is 10.4 Å². The number of amides is 1. The summed E-state index contributed by atoms with van der Waals surface area (Å²) in [6, 6.07) is 1.92. The maximum absolute atomic E-state index is 12.0. The fraction of sp³-hybridized carbons (Fsp3) is 0.538. The number of carboxylic acids is 1. The Morgan fingerprint density at radius 1 is 1.39 bits per heavy atom. The SMILES string of the molecule is O=C(O)CC1(NC(=O)Cc2ccsc2)CCCC1. The predicted molar refractivity (Wildman–Crippen MR) is 69.6 cm³/mol. The molecule has 2 N–H and O–H groups in total. The van der Waals surface area contributed by atoms with Gasteiger partial charge in [-0.3, -0.25) is 9.59 Å². The van der Waals surface area contributed by atoms with Gasteiger partial charge in [-0.25, -0.2) is 0 Å². The maximum Gasteiger partial charge on any atom is 0.305 e. The molecule has 1 aromatic rings. The van der Waals surface area contributed by atoms with Gasteiger partial charge in [0.15, 0.2) is 0 Å². The summed E-state index contributed by atoms with van der Waals surface area (Å²) >= 11 is 1.56. The molecule has 1 saturated carbocycles. The Kier molecular flexibility index (Phi) is 4.01. The van der Waals surface area contributed by atoms with Crippen LogP contribution in [0.3, 0.4) is 0 Å². The van der Waals surface area contributed by atoms with Crippen molar-refractivity contribution >= 4 is 23.2 Å². The highest BCUT2D eigenvalue weighted by Crippen LogP contribution is 2.32. The van der Waals surface area contributed by atoms with Crippen LogP contribution in [0.5, 0.6) is 0 Å². The Morgan fingerprint density at radius 2 is 2.11 bits per heavy atom. The van der Waals surface area contributed by atoms with Gasteiger partial charge in [-0.15, -0.1) is 0 Å². The summed E-state index contributed by atoms with van der Waals surface area (Å²) < 4.78 is 0. The fourth-order valence-electron chi connectivity index (χ4n) is 2.61. The lowest BCUT2D eigenvalue weighted by Gasteiger charge is -2.28. The molecule has 0 unspecified atom stereocenters. The highest BCUT2D eigenvalue weighted by atomic mass is 32.1. The zero-order valence-electron chi connectivity index (χ0n) is 10.1. The van der Waals surface area contributed by atoms with E-state index in [4.69, 9.17) is 5.11 Å². The average Bonchev–Trinajstić information content (AvgIpc) is 2.89. The highest BCUT2D eigenvalue weighted by Gasteiger charge is 2.37. The zero-order valence-corrected chi connectivity index (χ0v) is 11.0. The number of carbonyl (C=O) groups is 2. The molecule has 0 spiro atoms. The largest absolute Gasteiger partial charge is 0.481 e. The molecule has 0 radical (unpaired) electrons. The second kappa shape index (κ2) is 5.52. The quantitative estimate of drug-likeness (QED) is 0.859. The van der Waals surface area contributed by atoms with Crippen molar-refractivity contribution in [3.8, 4) is 0 Å². The van der Waals surface area contributed by atoms with Crippen molar-refractivity contribution in [2.45, 2.75) is 44.1 Å². The molecule has 2 rings (SSSR count). The molecule has 98 valence electrons. The monoisotopic (exact) mass is 267 g/mol. The molecule has 1 amide bonds. The molecule has 1 aliphatic carbocycles. The van der Waals surface area contributed by atoms with Crippen LogP contribution in [0.25, 0.3) is 0 Å². The zero-order chi connectivity index (χ0) is 13.0. The maximum atomic E-state index is 12.0. The van der Waals surface area contributed by atoms with E-state index in [1.165, 1.54) is 0 Å². The van der Waals surface area contributed by atoms with Crippen molar-refractivity contribution in [3.05, 3.63) is 22.4 Å². The molecule has 1 fully saturated rings. The number of hydrogen-bond donors (Lipinski definition) is 2. The fourth-order valence-corrected chi connectivity index (χ4v) is 3.27. The van der Waals surface area contributed by atoms with Crippen LogP contribution in [-0.2, 0) is 16.0 Å². The van der Waals surface area contributed by atoms with Crippen LogP contribution in [0.1, 0.15) is 37.7 Å². The first kappa shape index (κ1) is 13.1. The molecule has 18 heavy (non-hydrogen) atoms. The Bertz CT molecular complexity index is 421. The van der Waals surface area contributed by atoms with Crippen LogP contribution in [0.2, 0.25) is 0 Å². The van der Waals surface area contributed by atoms with Gasteiger partial charge in [0.05, 0.1) is 18.4 Å². The number of hydrogen-bond acceptors (Lipinski definition) is 3. The van der Waals surface area contributed by atoms with Gasteiger partial charge in [-0.1, -0.05) is 12.8 Å². The Labute approximate surface area is 110 Å². The molecule has 1 aromatic heterocycles. The third kappa shape index (κ3) is 3.32. The topological polar surface area (TPSA) is 66.4 Å². The van der Waals surface area contributed by atoms with Gasteiger partial charge in [-0.2, -0.15) is 11.3 Å². The Hall–Kier alpha value is -1.36. The van der Waals surface area contributed by atoms with Crippen LogP contribution in [0.15, 0.2) is 16.8 Å². The molecule has 0 saturated heterocycles. The van der Waals surface area contributed by atoms with E-state index in [1.54, 1.807) is 11.3 Å². The molecule has 0 aromatic carbocycles. The molecule has 0 bridgehead atoms. The van der Waals surface area contributed by atoms with Crippen LogP contribution in [0.4, 0.5) is 0 Å². The van der Waals surface area contributed by atoms with Gasteiger partial charge >= 0.3 is 5.97 Å². The van der Waals surface area contributed by atoms with Gasteiger partial charge in [0, 0.05) is 0 Å². The van der Waals surface area contributed by atoms with Crippen molar-refractivity contribution in [3.63, 3.8) is 0 Å². The smallest absolute Gasteiger partial charge is 0.305 e. The van der Waals surface area contributed by atoms with E-state index in [1.807, 2.05) is 16.8 Å². The lowest BCUT2D eigenvalue weighted by molar-refractivity contribution is -0.139. The summed E-state index contributed by atoms with van der Waals surface area (Å²) in [5, 5.41) is 15.8. The second-order valence-electron chi connectivity index (χ2n) is 4.91. The van der Waals surface area contributed by atoms with Crippen molar-refractivity contribution in [2.24, 2.45) is 0 Å². The first-order chi connectivity index (χ1) is 8.60. The van der Waals surface area contributed by atoms with E-state index in [2.05, 4.69) is 5.32 Å². The second-order valence-corrected chi connectivity index (χ2v) is 5.69. The average molecular weight is 267 g/mol. The van der Waals surface area contributed by atoms with Crippen molar-refractivity contribution in [1.29, 1.82) is 0 Å². The summed E-state index contributed by atoms with van der Waals surface area (Å²) in [7, 11) is 0. The predicted octanol–water partition coefficient (Wildman–Crippen LogP) is 2.19. The van der Waals surface area contributed by atoms with Gasteiger partial charge in [-0.05, 0) is 35.2 Å². The lowest BCUT2D eigenvalue weighted by Crippen LogP contribution is -2.48. The molecule has 1 aliphatic rings. The number of thiophene rings is 1. The van der Waals surface area contributed by atoms with E-state index in [-0.39, 0.29) is 12.3 Å². The lowest BCUT2D eigenvalue weighted by atomic mass is 9.93. The van der Waals surface area contributed by atoms with Crippen LogP contribution >= 0.6 is 11.3 Å². The van der Waals surface area contributed by atoms with E-state index >= 15 is 0 Å². The molecular weight excluding hydrogens is 250 g/mol. The summed E-state index contributed by atoms with van der Waals surface area (Å²) in [5.74, 6) is -0.913. The van der Waals surface area contributed by atoms with Crippen LogP contribution in [-0.4, -0.2) is 22.5 Å². The van der Waals surface area contributed by atoms with Gasteiger partial charge in [0.1, 0.15) is 0 Å². The van der Waals surface area contributed by atoms with Gasteiger partial charge in [0.25, 0.3) is 0 Å². The van der Waals surface area contributed by atoms with E-state index < -0.39 is 11.5 Å². The molecule has 1 heterocycles. The summed E-state index contributed by atoms with van der Waals surface area (Å²) in [6.45, 7) is 0. The number of rotatable bonds is 5. The van der Waals surface area contributed by atoms with Crippen molar-refractivity contribution in [2.75, 3.05) is 0 Å². The van der Waals surface area contributed by atoms with Crippen LogP contribution in [0, 0.1) is 0 Å². The molecule has 4 nitrogen and oxygen atoms in total. The normalized spacial score (nSPS) is 17.6. The molecule has 5 heteroatoms. The van der Waals surface area contributed by atoms with Crippen LogP contribution < -0.4 is 5.32 Å². The van der Waals surface area contributed by atoms with E-state index in [9.17, 15) is 9.59 Å². The molecule has 0 atom stereocenters. The number of carboxylic acid groups (broad SMARTS) is 1. The summed E-state index contributed by atoms with van der Waals surface area (Å²) in [4.78, 5) is 22.9. The third-order valence-corrected chi connectivity index (χ3v) is 4.13. The minimum Gasteiger partial charge on any atom is -0.481 e. The minimum atomic E-state index is -0.840. The molecule has 0 aliphatic heterocycles. The number of nitrogens with one attached hydrogen (secondary N) is 1. The summed E-state index contributed by atoms with van der Waals surface area (Å²) in [5.41, 5.74) is 0.472. The number of aliphatic carboxylic acids is 1. The Balaban J connectivity index is 1.96. The van der Waals surface area contributed by atoms with E-state index in [0.717, 1.165) is 31.2 Å². The van der Waals surface area contributed by atoms with Gasteiger partial charge in [0.2, 0.25) is 5.91 Å². The first-order valence-corrected chi connectivity index (χ1v) is 7.08. The third-order valence-electron chi connectivity index (χ3n) is 3.40. The Morgan fingerprint density at radius 3 is 2.67 bits per heavy atom. The standard InChI is InChI=1S/C13H17NO3S/c15-11(7-10-3-6-18-9-10)14-13(8-12(16)17)4-1-2-5-13/h3,6,9H,1-2,4-5,7-8H2,(H,14,15)(H,16,17). The van der Waals surface area contributed by atoms with E-state index in [0.29, 0.717) is 6.42 Å². The first-order valence-electron chi connectivity index (χ1n) is 6.14. The minimum absolute atomic E-state index is 0.0301. The number of carbonyl (C=O) groups excluding carboxylic acids is 1.